The fraction of sp³-hybridized carbons (Fsp3) is 0.308. The molecule has 0 amide bonds. The Kier molecular flexibility index (Phi) is 9.52. The van der Waals surface area contributed by atoms with Crippen LogP contribution in [0.25, 0.3) is 44.6 Å². The molecule has 4 nitrogen and oxygen atoms in total. The van der Waals surface area contributed by atoms with Gasteiger partial charge in [-0.3, -0.25) is 0 Å². The number of halogens is 1. The van der Waals surface area contributed by atoms with Crippen LogP contribution < -0.4 is 5.19 Å². The summed E-state index contributed by atoms with van der Waals surface area (Å²) in [5, 5.41) is 2.97. The van der Waals surface area contributed by atoms with E-state index in [1.165, 1.54) is 23.0 Å². The minimum absolute atomic E-state index is 0. The van der Waals surface area contributed by atoms with Gasteiger partial charge in [0.25, 0.3) is 0 Å². The van der Waals surface area contributed by atoms with Gasteiger partial charge in [-0.25, -0.2) is 9.37 Å². The molecular formula is C39H42FIrN3OSi-2. The van der Waals surface area contributed by atoms with Crippen molar-refractivity contribution in [2.45, 2.75) is 72.9 Å². The summed E-state index contributed by atoms with van der Waals surface area (Å²) in [4.78, 5) is 13.1. The predicted molar refractivity (Wildman–Crippen MR) is 187 cm³/mol. The standard InChI is InChI=1S/C21H18FN2O.C18H24NSi.Ir/c1-12-8-9-14-13-6-5-7-15(19(13)25-20(14)24-12)18-10-16(21(2,3)4)17(22)11-23-18;1-14(2)11-16-12-17(15-9-7-6-8-10-15)19-13-18(16)20(3,4)5;/h5-6,8-11H,1-4H3;6-9,12-14H,11H2,1-5H3;/q2*-1;/i1D3;;. The van der Waals surface area contributed by atoms with Gasteiger partial charge in [0.15, 0.2) is 0 Å². The van der Waals surface area contributed by atoms with Crippen LogP contribution in [-0.4, -0.2) is 23.0 Å². The third-order valence-electron chi connectivity index (χ3n) is 7.63. The summed E-state index contributed by atoms with van der Waals surface area (Å²) < 4.78 is 42.8. The number of pyridine rings is 3. The molecule has 0 aliphatic rings. The fourth-order valence-corrected chi connectivity index (χ4v) is 7.03. The van der Waals surface area contributed by atoms with Crippen LogP contribution in [0.5, 0.6) is 0 Å². The average molecular weight is 811 g/mol. The van der Waals surface area contributed by atoms with Crippen LogP contribution in [0, 0.1) is 30.7 Å². The number of furan rings is 1. The summed E-state index contributed by atoms with van der Waals surface area (Å²) >= 11 is 0. The summed E-state index contributed by atoms with van der Waals surface area (Å²) in [7, 11) is -1.34. The molecule has 0 aliphatic carbocycles. The van der Waals surface area contributed by atoms with Crippen molar-refractivity contribution in [1.82, 2.24) is 15.0 Å². The quantitative estimate of drug-likeness (QED) is 0.129. The molecule has 6 rings (SSSR count). The van der Waals surface area contributed by atoms with Crippen molar-refractivity contribution < 1.29 is 33.0 Å². The Morgan fingerprint density at radius 3 is 2.35 bits per heavy atom. The van der Waals surface area contributed by atoms with Crippen molar-refractivity contribution in [3.05, 3.63) is 108 Å². The molecule has 7 heteroatoms. The summed E-state index contributed by atoms with van der Waals surface area (Å²) in [6.45, 7) is 15.2. The minimum atomic E-state index is -2.32. The molecule has 0 saturated heterocycles. The first-order valence-corrected chi connectivity index (χ1v) is 18.8. The Morgan fingerprint density at radius 2 is 1.70 bits per heavy atom. The number of hydrogen-bond donors (Lipinski definition) is 0. The third-order valence-corrected chi connectivity index (χ3v) is 9.70. The second-order valence-electron chi connectivity index (χ2n) is 13.9. The summed E-state index contributed by atoms with van der Waals surface area (Å²) in [5.74, 6) is 0.303. The third kappa shape index (κ3) is 7.88. The molecule has 4 aromatic heterocycles. The van der Waals surface area contributed by atoms with E-state index in [2.05, 4.69) is 78.9 Å². The first-order valence-electron chi connectivity index (χ1n) is 16.8. The first-order chi connectivity index (χ1) is 22.4. The van der Waals surface area contributed by atoms with Gasteiger partial charge < -0.3 is 14.4 Å². The monoisotopic (exact) mass is 811 g/mol. The Morgan fingerprint density at radius 1 is 0.935 bits per heavy atom. The van der Waals surface area contributed by atoms with Gasteiger partial charge in [-0.05, 0) is 58.9 Å². The van der Waals surface area contributed by atoms with Crippen molar-refractivity contribution in [2.75, 3.05) is 0 Å². The Balaban J connectivity index is 0.000000229. The van der Waals surface area contributed by atoms with Crippen LogP contribution in [0.4, 0.5) is 4.39 Å². The first kappa shape index (κ1) is 31.1. The smallest absolute Gasteiger partial charge is 0.216 e. The van der Waals surface area contributed by atoms with Crippen molar-refractivity contribution >= 4 is 35.3 Å². The molecule has 241 valence electrons. The molecule has 0 bridgehead atoms. The molecule has 0 unspecified atom stereocenters. The van der Waals surface area contributed by atoms with Crippen LogP contribution in [-0.2, 0) is 31.9 Å². The number of hydrogen-bond acceptors (Lipinski definition) is 4. The summed E-state index contributed by atoms with van der Waals surface area (Å²) in [6, 6.07) is 25.2. The van der Waals surface area contributed by atoms with Gasteiger partial charge in [0.1, 0.15) is 5.82 Å². The topological polar surface area (TPSA) is 51.8 Å². The molecule has 0 atom stereocenters. The van der Waals surface area contributed by atoms with Crippen LogP contribution >= 0.6 is 0 Å². The minimum Gasteiger partial charge on any atom is -0.486 e. The maximum atomic E-state index is 14.3. The maximum absolute atomic E-state index is 14.3. The number of nitrogens with zero attached hydrogens (tertiary/aromatic N) is 3. The predicted octanol–water partition coefficient (Wildman–Crippen LogP) is 9.88. The van der Waals surface area contributed by atoms with Gasteiger partial charge >= 0.3 is 0 Å². The zero-order chi connectivity index (χ0) is 35.0. The Bertz CT molecular complexity index is 2070. The largest absolute Gasteiger partial charge is 0.486 e. The van der Waals surface area contributed by atoms with Gasteiger partial charge in [0.2, 0.25) is 5.71 Å². The van der Waals surface area contributed by atoms with E-state index in [-0.39, 0.29) is 42.7 Å². The second kappa shape index (κ2) is 14.1. The Labute approximate surface area is 291 Å². The van der Waals surface area contributed by atoms with E-state index in [9.17, 15) is 4.39 Å². The molecule has 46 heavy (non-hydrogen) atoms. The van der Waals surface area contributed by atoms with Crippen molar-refractivity contribution in [3.8, 4) is 22.5 Å². The van der Waals surface area contributed by atoms with Crippen LogP contribution in [0.15, 0.2) is 77.5 Å². The van der Waals surface area contributed by atoms with E-state index in [0.29, 0.717) is 33.7 Å². The zero-order valence-corrected chi connectivity index (χ0v) is 31.1. The van der Waals surface area contributed by atoms with E-state index in [1.807, 2.05) is 45.0 Å². The molecule has 4 heterocycles. The SMILES string of the molecule is CC(C)Cc1cc(-c2[c-]cccc2)ncc1[Si](C)(C)C.[2H]C([2H])([2H])c1ccc2c(n1)oc1c(-c3cc(C(C)(C)C)c(F)cn3)[c-]ccc12.[Ir]. The molecule has 2 aromatic carbocycles. The number of aryl methyl sites for hydroxylation is 1. The Hall–Kier alpha value is -3.51. The average Bonchev–Trinajstić information content (AvgIpc) is 3.39. The van der Waals surface area contributed by atoms with Gasteiger partial charge in [-0.2, -0.15) is 0 Å². The van der Waals surface area contributed by atoms with Crippen LogP contribution in [0.2, 0.25) is 19.6 Å². The van der Waals surface area contributed by atoms with Gasteiger partial charge in [0.05, 0.1) is 19.9 Å². The summed E-state index contributed by atoms with van der Waals surface area (Å²) in [5.41, 5.74) is 5.57. The fourth-order valence-electron chi connectivity index (χ4n) is 5.44. The normalized spacial score (nSPS) is 13.0. The van der Waals surface area contributed by atoms with E-state index in [0.717, 1.165) is 23.1 Å². The molecule has 0 aliphatic heterocycles. The second-order valence-corrected chi connectivity index (χ2v) is 18.9. The molecule has 0 N–H and O–H groups in total. The molecule has 0 saturated carbocycles. The molecule has 0 spiro atoms. The summed E-state index contributed by atoms with van der Waals surface area (Å²) in [6.07, 6.45) is 4.44. The number of fused-ring (bicyclic) bond motifs is 3. The van der Waals surface area contributed by atoms with E-state index in [1.54, 1.807) is 18.2 Å². The molecular weight excluding hydrogens is 766 g/mol. The number of aromatic nitrogens is 3. The maximum Gasteiger partial charge on any atom is 0.216 e. The molecule has 0 fully saturated rings. The van der Waals surface area contributed by atoms with E-state index in [4.69, 9.17) is 8.53 Å². The number of benzene rings is 2. The number of rotatable bonds is 5. The molecule has 6 aromatic rings. The van der Waals surface area contributed by atoms with Gasteiger partial charge in [-0.15, -0.1) is 54.1 Å². The van der Waals surface area contributed by atoms with Gasteiger partial charge in [0, 0.05) is 41.5 Å². The zero-order valence-electron chi connectivity index (χ0n) is 30.7. The van der Waals surface area contributed by atoms with Crippen molar-refractivity contribution in [2.24, 2.45) is 5.92 Å². The van der Waals surface area contributed by atoms with Crippen LogP contribution in [0.1, 0.15) is 55.6 Å². The van der Waals surface area contributed by atoms with Crippen LogP contribution in [0.3, 0.4) is 0 Å². The van der Waals surface area contributed by atoms with Gasteiger partial charge in [-0.1, -0.05) is 82.9 Å². The van der Waals surface area contributed by atoms with Crippen molar-refractivity contribution in [3.63, 3.8) is 0 Å². The van der Waals surface area contributed by atoms with E-state index < -0.39 is 14.9 Å². The van der Waals surface area contributed by atoms with Crippen molar-refractivity contribution in [1.29, 1.82) is 0 Å². The van der Waals surface area contributed by atoms with E-state index >= 15 is 0 Å². The molecule has 1 radical (unpaired) electrons.